The van der Waals surface area contributed by atoms with Gasteiger partial charge in [-0.15, -0.1) is 11.3 Å². The van der Waals surface area contributed by atoms with Crippen LogP contribution in [-0.4, -0.2) is 29.5 Å². The Kier molecular flexibility index (Phi) is 3.34. The zero-order valence-electron chi connectivity index (χ0n) is 9.56. The fourth-order valence-electron chi connectivity index (χ4n) is 1.41. The molecule has 0 saturated carbocycles. The Bertz CT molecular complexity index is 653. The number of imidazole rings is 1. The molecule has 0 aliphatic heterocycles. The summed E-state index contributed by atoms with van der Waals surface area (Å²) in [5.41, 5.74) is 1.77. The summed E-state index contributed by atoms with van der Waals surface area (Å²) in [5.74, 6) is 0.835. The summed E-state index contributed by atoms with van der Waals surface area (Å²) in [7, 11) is 0. The molecule has 19 heavy (non-hydrogen) atoms. The Morgan fingerprint density at radius 1 is 1.26 bits per heavy atom. The Hall–Kier alpha value is -2.06. The minimum atomic E-state index is 0.130. The lowest BCUT2D eigenvalue weighted by molar-refractivity contribution is 0.889. The second kappa shape index (κ2) is 5.29. The van der Waals surface area contributed by atoms with Crippen LogP contribution in [0.4, 0.5) is 5.95 Å². The molecule has 3 aromatic rings. The number of thiazole rings is 1. The molecular weight excluding hydrogens is 286 g/mol. The standard InChI is InChI=1S/C10H8ClN7S/c11-8-15-9(14-4-7-3-13-6-19-7)17-10(16-8)18-2-1-12-5-18/h1-3,5-6H,4H2,(H,14,15,16,17). The lowest BCUT2D eigenvalue weighted by Gasteiger charge is -2.05. The van der Waals surface area contributed by atoms with E-state index in [2.05, 4.69) is 30.2 Å². The van der Waals surface area contributed by atoms with Gasteiger partial charge in [-0.05, 0) is 11.6 Å². The topological polar surface area (TPSA) is 81.4 Å². The minimum Gasteiger partial charge on any atom is -0.349 e. The highest BCUT2D eigenvalue weighted by Crippen LogP contribution is 2.12. The summed E-state index contributed by atoms with van der Waals surface area (Å²) >= 11 is 7.44. The highest BCUT2D eigenvalue weighted by molar-refractivity contribution is 7.09. The predicted octanol–water partition coefficient (Wildman–Crippen LogP) is 1.78. The molecule has 0 spiro atoms. The van der Waals surface area contributed by atoms with Crippen molar-refractivity contribution < 1.29 is 0 Å². The van der Waals surface area contributed by atoms with Crippen molar-refractivity contribution in [1.29, 1.82) is 0 Å². The maximum absolute atomic E-state index is 5.88. The smallest absolute Gasteiger partial charge is 0.241 e. The van der Waals surface area contributed by atoms with Gasteiger partial charge in [-0.3, -0.25) is 9.55 Å². The van der Waals surface area contributed by atoms with Crippen LogP contribution in [0.25, 0.3) is 5.95 Å². The largest absolute Gasteiger partial charge is 0.349 e. The Morgan fingerprint density at radius 2 is 2.21 bits per heavy atom. The molecule has 3 aromatic heterocycles. The van der Waals surface area contributed by atoms with Gasteiger partial charge in [0, 0.05) is 23.5 Å². The third kappa shape index (κ3) is 2.85. The maximum atomic E-state index is 5.88. The summed E-state index contributed by atoms with van der Waals surface area (Å²) in [5, 5.41) is 3.21. The quantitative estimate of drug-likeness (QED) is 0.789. The van der Waals surface area contributed by atoms with Crippen LogP contribution >= 0.6 is 22.9 Å². The SMILES string of the molecule is Clc1nc(NCc2cncs2)nc(-n2ccnc2)n1. The fourth-order valence-corrected chi connectivity index (χ4v) is 2.10. The number of aromatic nitrogens is 6. The molecule has 0 aliphatic rings. The number of rotatable bonds is 4. The van der Waals surface area contributed by atoms with Gasteiger partial charge in [-0.2, -0.15) is 15.0 Å². The third-order valence-corrected chi connectivity index (χ3v) is 3.18. The monoisotopic (exact) mass is 293 g/mol. The van der Waals surface area contributed by atoms with Gasteiger partial charge in [0.05, 0.1) is 12.1 Å². The van der Waals surface area contributed by atoms with Crippen LogP contribution in [0.1, 0.15) is 4.88 Å². The van der Waals surface area contributed by atoms with Crippen molar-refractivity contribution in [2.75, 3.05) is 5.32 Å². The molecule has 0 fully saturated rings. The van der Waals surface area contributed by atoms with Crippen LogP contribution in [0.5, 0.6) is 0 Å². The van der Waals surface area contributed by atoms with E-state index in [1.54, 1.807) is 46.3 Å². The van der Waals surface area contributed by atoms with Crippen LogP contribution < -0.4 is 5.32 Å². The summed E-state index contributed by atoms with van der Waals surface area (Å²) in [6.45, 7) is 0.592. The first kappa shape index (κ1) is 12.0. The fraction of sp³-hybridized carbons (Fsp3) is 0.100. The summed E-state index contributed by atoms with van der Waals surface area (Å²) in [6.07, 6.45) is 6.76. The van der Waals surface area contributed by atoms with Gasteiger partial charge in [0.2, 0.25) is 17.2 Å². The van der Waals surface area contributed by atoms with E-state index < -0.39 is 0 Å². The van der Waals surface area contributed by atoms with Gasteiger partial charge in [0.1, 0.15) is 6.33 Å². The average Bonchev–Trinajstić information content (AvgIpc) is 3.09. The molecule has 3 rings (SSSR count). The number of nitrogens with one attached hydrogen (secondary N) is 1. The van der Waals surface area contributed by atoms with Gasteiger partial charge in [-0.25, -0.2) is 4.98 Å². The molecule has 3 heterocycles. The third-order valence-electron chi connectivity index (χ3n) is 2.24. The van der Waals surface area contributed by atoms with Crippen molar-refractivity contribution in [2.24, 2.45) is 0 Å². The van der Waals surface area contributed by atoms with Crippen molar-refractivity contribution in [3.05, 3.63) is 40.6 Å². The molecule has 9 heteroatoms. The van der Waals surface area contributed by atoms with Crippen molar-refractivity contribution >= 4 is 28.9 Å². The molecule has 0 saturated heterocycles. The molecule has 0 atom stereocenters. The number of hydrogen-bond acceptors (Lipinski definition) is 7. The number of hydrogen-bond donors (Lipinski definition) is 1. The Balaban J connectivity index is 1.82. The van der Waals surface area contributed by atoms with Crippen LogP contribution in [0.2, 0.25) is 5.28 Å². The molecule has 0 aliphatic carbocycles. The second-order valence-corrected chi connectivity index (χ2v) is 4.83. The van der Waals surface area contributed by atoms with E-state index in [1.165, 1.54) is 0 Å². The predicted molar refractivity (Wildman–Crippen MR) is 71.4 cm³/mol. The summed E-state index contributed by atoms with van der Waals surface area (Å²) < 4.78 is 1.66. The summed E-state index contributed by atoms with van der Waals surface area (Å²) in [4.78, 5) is 21.3. The van der Waals surface area contributed by atoms with Crippen LogP contribution in [0.3, 0.4) is 0 Å². The van der Waals surface area contributed by atoms with Crippen LogP contribution in [0, 0.1) is 0 Å². The first-order valence-electron chi connectivity index (χ1n) is 5.32. The van der Waals surface area contributed by atoms with Gasteiger partial charge in [-0.1, -0.05) is 0 Å². The summed E-state index contributed by atoms with van der Waals surface area (Å²) in [6, 6.07) is 0. The van der Waals surface area contributed by atoms with E-state index in [0.29, 0.717) is 18.4 Å². The van der Waals surface area contributed by atoms with E-state index in [-0.39, 0.29) is 5.28 Å². The molecular formula is C10H8ClN7S. The van der Waals surface area contributed by atoms with E-state index in [4.69, 9.17) is 11.6 Å². The highest BCUT2D eigenvalue weighted by Gasteiger charge is 2.06. The van der Waals surface area contributed by atoms with Crippen molar-refractivity contribution in [3.63, 3.8) is 0 Å². The molecule has 96 valence electrons. The molecule has 1 N–H and O–H groups in total. The van der Waals surface area contributed by atoms with Crippen LogP contribution in [0.15, 0.2) is 30.4 Å². The van der Waals surface area contributed by atoms with Gasteiger partial charge in [0.25, 0.3) is 0 Å². The van der Waals surface area contributed by atoms with E-state index in [0.717, 1.165) is 4.88 Å². The molecule has 0 amide bonds. The molecule has 0 radical (unpaired) electrons. The normalized spacial score (nSPS) is 10.6. The number of anilines is 1. The average molecular weight is 294 g/mol. The maximum Gasteiger partial charge on any atom is 0.241 e. The van der Waals surface area contributed by atoms with Crippen LogP contribution in [-0.2, 0) is 6.54 Å². The second-order valence-electron chi connectivity index (χ2n) is 3.52. The van der Waals surface area contributed by atoms with Crippen molar-refractivity contribution in [2.45, 2.75) is 6.54 Å². The molecule has 0 aromatic carbocycles. The molecule has 0 unspecified atom stereocenters. The molecule has 0 bridgehead atoms. The minimum absolute atomic E-state index is 0.130. The zero-order chi connectivity index (χ0) is 13.1. The van der Waals surface area contributed by atoms with E-state index in [9.17, 15) is 0 Å². The van der Waals surface area contributed by atoms with E-state index in [1.807, 2.05) is 0 Å². The van der Waals surface area contributed by atoms with Crippen molar-refractivity contribution in [3.8, 4) is 5.95 Å². The number of halogens is 1. The van der Waals surface area contributed by atoms with Gasteiger partial charge >= 0.3 is 0 Å². The Labute approximate surface area is 117 Å². The lowest BCUT2D eigenvalue weighted by atomic mass is 10.5. The lowest BCUT2D eigenvalue weighted by Crippen LogP contribution is -2.07. The van der Waals surface area contributed by atoms with Crippen molar-refractivity contribution in [1.82, 2.24) is 29.5 Å². The van der Waals surface area contributed by atoms with Gasteiger partial charge < -0.3 is 5.32 Å². The van der Waals surface area contributed by atoms with E-state index >= 15 is 0 Å². The number of nitrogens with zero attached hydrogens (tertiary/aromatic N) is 6. The Morgan fingerprint density at radius 3 is 2.95 bits per heavy atom. The zero-order valence-corrected chi connectivity index (χ0v) is 11.1. The van der Waals surface area contributed by atoms with Gasteiger partial charge in [0.15, 0.2) is 0 Å². The first-order valence-corrected chi connectivity index (χ1v) is 6.58. The first-order chi connectivity index (χ1) is 9.31. The molecule has 7 nitrogen and oxygen atoms in total. The highest BCUT2D eigenvalue weighted by atomic mass is 35.5.